The van der Waals surface area contributed by atoms with Gasteiger partial charge in [-0.2, -0.15) is 5.26 Å². The van der Waals surface area contributed by atoms with Crippen LogP contribution < -0.4 is 0 Å². The molecule has 2 heteroatoms. The second-order valence-corrected chi connectivity index (χ2v) is 6.94. The first-order valence-electron chi connectivity index (χ1n) is 8.46. The lowest BCUT2D eigenvalue weighted by molar-refractivity contribution is 0.0824. The van der Waals surface area contributed by atoms with E-state index in [1.807, 2.05) is 0 Å². The van der Waals surface area contributed by atoms with E-state index in [4.69, 9.17) is 0 Å². The molecular weight excluding hydrogens is 256 g/mol. The second kappa shape index (κ2) is 6.62. The van der Waals surface area contributed by atoms with E-state index >= 15 is 0 Å². The lowest BCUT2D eigenvalue weighted by Crippen LogP contribution is -2.47. The maximum Gasteiger partial charge on any atom is 0.0672 e. The van der Waals surface area contributed by atoms with Gasteiger partial charge in [0.05, 0.1) is 12.0 Å². The Kier molecular flexibility index (Phi) is 4.60. The summed E-state index contributed by atoms with van der Waals surface area (Å²) in [4.78, 5) is 2.61. The van der Waals surface area contributed by atoms with Gasteiger partial charge in [-0.3, -0.25) is 4.90 Å². The van der Waals surface area contributed by atoms with E-state index in [0.29, 0.717) is 12.0 Å². The number of likely N-dealkylation sites (tertiary alicyclic amines) is 1. The van der Waals surface area contributed by atoms with Gasteiger partial charge < -0.3 is 0 Å². The molecule has 2 aliphatic rings. The average Bonchev–Trinajstić information content (AvgIpc) is 2.56. The van der Waals surface area contributed by atoms with Gasteiger partial charge >= 0.3 is 0 Å². The zero-order valence-corrected chi connectivity index (χ0v) is 13.0. The lowest BCUT2D eigenvalue weighted by Gasteiger charge is -2.43. The van der Waals surface area contributed by atoms with Gasteiger partial charge in [-0.05, 0) is 62.6 Å². The molecule has 1 saturated carbocycles. The predicted octanol–water partition coefficient (Wildman–Crippen LogP) is 4.19. The SMILES string of the molecule is CC1CCN(C2CC(c3ccccc3)CCC2C#N)CC1. The van der Waals surface area contributed by atoms with E-state index in [1.165, 1.54) is 37.9 Å². The van der Waals surface area contributed by atoms with Crippen LogP contribution in [-0.4, -0.2) is 24.0 Å². The molecule has 3 unspecified atom stereocenters. The molecule has 1 heterocycles. The first-order valence-corrected chi connectivity index (χ1v) is 8.46. The Hall–Kier alpha value is -1.33. The monoisotopic (exact) mass is 282 g/mol. The molecule has 2 fully saturated rings. The summed E-state index contributed by atoms with van der Waals surface area (Å²) in [5, 5.41) is 9.52. The third-order valence-corrected chi connectivity index (χ3v) is 5.54. The van der Waals surface area contributed by atoms with Gasteiger partial charge in [0.1, 0.15) is 0 Å². The molecule has 0 bridgehead atoms. The van der Waals surface area contributed by atoms with Crippen LogP contribution in [0.3, 0.4) is 0 Å². The highest BCUT2D eigenvalue weighted by atomic mass is 15.2. The zero-order valence-electron chi connectivity index (χ0n) is 13.0. The van der Waals surface area contributed by atoms with E-state index in [1.54, 1.807) is 0 Å². The Labute approximate surface area is 128 Å². The molecule has 1 saturated heterocycles. The third kappa shape index (κ3) is 3.30. The van der Waals surface area contributed by atoms with Crippen molar-refractivity contribution in [3.05, 3.63) is 35.9 Å². The van der Waals surface area contributed by atoms with Gasteiger partial charge in [-0.25, -0.2) is 0 Å². The minimum Gasteiger partial charge on any atom is -0.299 e. The highest BCUT2D eigenvalue weighted by molar-refractivity contribution is 5.21. The number of nitriles is 1. The van der Waals surface area contributed by atoms with Gasteiger partial charge in [0.25, 0.3) is 0 Å². The normalized spacial score (nSPS) is 31.7. The summed E-state index contributed by atoms with van der Waals surface area (Å²) >= 11 is 0. The minimum atomic E-state index is 0.235. The molecule has 0 N–H and O–H groups in total. The molecular formula is C19H26N2. The number of benzene rings is 1. The van der Waals surface area contributed by atoms with Crippen LogP contribution in [0.25, 0.3) is 0 Å². The van der Waals surface area contributed by atoms with Crippen molar-refractivity contribution in [3.8, 4) is 6.07 Å². The van der Waals surface area contributed by atoms with Crippen molar-refractivity contribution in [2.24, 2.45) is 11.8 Å². The van der Waals surface area contributed by atoms with Crippen molar-refractivity contribution in [1.29, 1.82) is 5.26 Å². The van der Waals surface area contributed by atoms with E-state index in [-0.39, 0.29) is 5.92 Å². The van der Waals surface area contributed by atoms with E-state index in [9.17, 15) is 5.26 Å². The Morgan fingerprint density at radius 1 is 1.05 bits per heavy atom. The molecule has 0 amide bonds. The predicted molar refractivity (Wildman–Crippen MR) is 85.9 cm³/mol. The second-order valence-electron chi connectivity index (χ2n) is 6.94. The zero-order chi connectivity index (χ0) is 14.7. The number of nitrogens with zero attached hydrogens (tertiary/aromatic N) is 2. The standard InChI is InChI=1S/C19H26N2/c1-15-9-11-21(12-10-15)19-13-17(7-8-18(19)14-20)16-5-3-2-4-6-16/h2-6,15,17-19H,7-13H2,1H3. The van der Waals surface area contributed by atoms with Crippen LogP contribution in [0.2, 0.25) is 0 Å². The van der Waals surface area contributed by atoms with Gasteiger partial charge in [-0.1, -0.05) is 37.3 Å². The van der Waals surface area contributed by atoms with Crippen LogP contribution in [0.4, 0.5) is 0 Å². The largest absolute Gasteiger partial charge is 0.299 e. The Morgan fingerprint density at radius 3 is 2.43 bits per heavy atom. The summed E-state index contributed by atoms with van der Waals surface area (Å²) in [5.41, 5.74) is 1.46. The number of rotatable bonds is 2. The molecule has 3 atom stereocenters. The third-order valence-electron chi connectivity index (χ3n) is 5.54. The highest BCUT2D eigenvalue weighted by Gasteiger charge is 2.36. The van der Waals surface area contributed by atoms with Crippen LogP contribution in [-0.2, 0) is 0 Å². The summed E-state index contributed by atoms with van der Waals surface area (Å²) in [7, 11) is 0. The maximum atomic E-state index is 9.52. The van der Waals surface area contributed by atoms with Crippen molar-refractivity contribution < 1.29 is 0 Å². The molecule has 21 heavy (non-hydrogen) atoms. The van der Waals surface area contributed by atoms with Crippen LogP contribution in [0.5, 0.6) is 0 Å². The molecule has 0 radical (unpaired) electrons. The van der Waals surface area contributed by atoms with Crippen molar-refractivity contribution in [3.63, 3.8) is 0 Å². The van der Waals surface area contributed by atoms with Crippen LogP contribution in [0, 0.1) is 23.2 Å². The van der Waals surface area contributed by atoms with E-state index in [0.717, 1.165) is 18.8 Å². The molecule has 1 aliphatic carbocycles. The summed E-state index contributed by atoms with van der Waals surface area (Å²) in [6.07, 6.45) is 5.99. The molecule has 2 nitrogen and oxygen atoms in total. The lowest BCUT2D eigenvalue weighted by atomic mass is 9.75. The van der Waals surface area contributed by atoms with Gasteiger partial charge in [0.2, 0.25) is 0 Å². The smallest absolute Gasteiger partial charge is 0.0672 e. The summed E-state index contributed by atoms with van der Waals surface area (Å²) < 4.78 is 0. The van der Waals surface area contributed by atoms with Gasteiger partial charge in [-0.15, -0.1) is 0 Å². The molecule has 0 spiro atoms. The fraction of sp³-hybridized carbons (Fsp3) is 0.632. The van der Waals surface area contributed by atoms with E-state index < -0.39 is 0 Å². The Bertz CT molecular complexity index is 482. The highest BCUT2D eigenvalue weighted by Crippen LogP contribution is 2.39. The number of piperidine rings is 1. The van der Waals surface area contributed by atoms with Gasteiger partial charge in [0.15, 0.2) is 0 Å². The van der Waals surface area contributed by atoms with Crippen molar-refractivity contribution in [2.45, 2.75) is 51.0 Å². The molecule has 1 aromatic rings. The maximum absolute atomic E-state index is 9.52. The summed E-state index contributed by atoms with van der Waals surface area (Å²) in [5.74, 6) is 1.73. The Morgan fingerprint density at radius 2 is 1.76 bits per heavy atom. The number of hydrogen-bond donors (Lipinski definition) is 0. The minimum absolute atomic E-state index is 0.235. The summed E-state index contributed by atoms with van der Waals surface area (Å²) in [6, 6.07) is 14.0. The topological polar surface area (TPSA) is 27.0 Å². The fourth-order valence-corrected chi connectivity index (χ4v) is 4.09. The molecule has 112 valence electrons. The molecule has 3 rings (SSSR count). The quantitative estimate of drug-likeness (QED) is 0.813. The first-order chi connectivity index (χ1) is 10.3. The fourth-order valence-electron chi connectivity index (χ4n) is 4.09. The van der Waals surface area contributed by atoms with E-state index in [2.05, 4.69) is 48.2 Å². The Balaban J connectivity index is 1.72. The van der Waals surface area contributed by atoms with Crippen LogP contribution >= 0.6 is 0 Å². The molecule has 1 aromatic carbocycles. The first kappa shape index (κ1) is 14.6. The number of hydrogen-bond acceptors (Lipinski definition) is 2. The molecule has 0 aromatic heterocycles. The summed E-state index contributed by atoms with van der Waals surface area (Å²) in [6.45, 7) is 4.73. The van der Waals surface area contributed by atoms with Crippen molar-refractivity contribution in [2.75, 3.05) is 13.1 Å². The van der Waals surface area contributed by atoms with Crippen molar-refractivity contribution in [1.82, 2.24) is 4.90 Å². The average molecular weight is 282 g/mol. The van der Waals surface area contributed by atoms with Crippen molar-refractivity contribution >= 4 is 0 Å². The van der Waals surface area contributed by atoms with Crippen LogP contribution in [0.1, 0.15) is 50.5 Å². The molecule has 1 aliphatic heterocycles. The van der Waals surface area contributed by atoms with Crippen LogP contribution in [0.15, 0.2) is 30.3 Å². The van der Waals surface area contributed by atoms with Gasteiger partial charge in [0, 0.05) is 6.04 Å².